The van der Waals surface area contributed by atoms with Gasteiger partial charge in [-0.1, -0.05) is 12.1 Å². The lowest BCUT2D eigenvalue weighted by molar-refractivity contribution is 0.837. The normalized spacial score (nSPS) is 15.2. The van der Waals surface area contributed by atoms with Gasteiger partial charge in [0.05, 0.1) is 5.69 Å². The highest BCUT2D eigenvalue weighted by Crippen LogP contribution is 2.41. The summed E-state index contributed by atoms with van der Waals surface area (Å²) < 4.78 is 1.07. The molecule has 9 heteroatoms. The summed E-state index contributed by atoms with van der Waals surface area (Å²) in [7, 11) is 0. The molecule has 1 aromatic heterocycles. The molecule has 0 fully saturated rings. The highest BCUT2D eigenvalue weighted by atomic mass is 127. The van der Waals surface area contributed by atoms with Gasteiger partial charge >= 0.3 is 0 Å². The molecule has 6 N–H and O–H groups in total. The fraction of sp³-hybridized carbons (Fsp3) is 0.125. The molecule has 1 aromatic carbocycles. The maximum atomic E-state index is 9.33. The van der Waals surface area contributed by atoms with Crippen LogP contribution in [0.5, 0.6) is 0 Å². The number of benzene rings is 1. The largest absolute Gasteiger partial charge is 0.397 e. The summed E-state index contributed by atoms with van der Waals surface area (Å²) in [4.78, 5) is 8.79. The molecule has 8 nitrogen and oxygen atoms in total. The molecule has 1 aliphatic rings. The van der Waals surface area contributed by atoms with Crippen LogP contribution in [0.3, 0.4) is 0 Å². The fourth-order valence-electron chi connectivity index (χ4n) is 2.73. The van der Waals surface area contributed by atoms with Crippen molar-refractivity contribution in [2.75, 3.05) is 16.8 Å². The number of hydrogen-bond donors (Lipinski definition) is 4. The van der Waals surface area contributed by atoms with Crippen molar-refractivity contribution in [3.63, 3.8) is 0 Å². The fourth-order valence-corrected chi connectivity index (χ4v) is 3.25. The van der Waals surface area contributed by atoms with Gasteiger partial charge < -0.3 is 16.8 Å². The molecule has 1 unspecified atom stereocenters. The molecule has 25 heavy (non-hydrogen) atoms. The maximum Gasteiger partial charge on any atom is 0.211 e. The van der Waals surface area contributed by atoms with Crippen LogP contribution in [0.4, 0.5) is 17.3 Å². The minimum Gasteiger partial charge on any atom is -0.397 e. The van der Waals surface area contributed by atoms with E-state index in [9.17, 15) is 5.26 Å². The number of nitrogens with one attached hydrogen (secondary N) is 2. The summed E-state index contributed by atoms with van der Waals surface area (Å²) in [5.41, 5.74) is 14.9. The number of aromatic nitrogens is 1. The van der Waals surface area contributed by atoms with Crippen LogP contribution in [0.25, 0.3) is 0 Å². The van der Waals surface area contributed by atoms with E-state index in [2.05, 4.69) is 43.2 Å². The van der Waals surface area contributed by atoms with Gasteiger partial charge in [-0.15, -0.1) is 0 Å². The number of anilines is 3. The number of pyridine rings is 1. The summed E-state index contributed by atoms with van der Waals surface area (Å²) in [6, 6.07) is 7.33. The lowest BCUT2D eigenvalue weighted by atomic mass is 9.92. The highest BCUT2D eigenvalue weighted by molar-refractivity contribution is 14.1. The minimum atomic E-state index is -0.512. The van der Waals surface area contributed by atoms with Gasteiger partial charge in [-0.25, -0.2) is 9.98 Å². The molecule has 0 amide bonds. The van der Waals surface area contributed by atoms with E-state index in [4.69, 9.17) is 16.7 Å². The number of halogens is 1. The summed E-state index contributed by atoms with van der Waals surface area (Å²) in [5.74, 6) is 0.654. The van der Waals surface area contributed by atoms with Crippen molar-refractivity contribution in [2.45, 2.75) is 13.0 Å². The summed E-state index contributed by atoms with van der Waals surface area (Å²) in [6.07, 6.45) is 1.83. The number of hydrogen-bond acceptors (Lipinski definition) is 8. The number of guanidine groups is 1. The second-order valence-electron chi connectivity index (χ2n) is 5.36. The molecule has 0 radical (unpaired) electrons. The van der Waals surface area contributed by atoms with E-state index in [-0.39, 0.29) is 23.0 Å². The smallest absolute Gasteiger partial charge is 0.211 e. The first-order chi connectivity index (χ1) is 12.0. The van der Waals surface area contributed by atoms with Crippen molar-refractivity contribution in [1.82, 2.24) is 10.3 Å². The number of aliphatic imine (C=N–C) groups is 1. The summed E-state index contributed by atoms with van der Waals surface area (Å²) >= 11 is 2.24. The predicted octanol–water partition coefficient (Wildman–Crippen LogP) is 1.97. The van der Waals surface area contributed by atoms with Crippen molar-refractivity contribution >= 4 is 45.9 Å². The van der Waals surface area contributed by atoms with Gasteiger partial charge in [0, 0.05) is 9.13 Å². The molecule has 1 aliphatic heterocycles. The Kier molecular flexibility index (Phi) is 4.33. The van der Waals surface area contributed by atoms with E-state index in [1.807, 2.05) is 37.4 Å². The van der Waals surface area contributed by atoms with Gasteiger partial charge in [-0.3, -0.25) is 5.32 Å². The van der Waals surface area contributed by atoms with Gasteiger partial charge in [-0.05, 0) is 46.7 Å². The average molecular weight is 444 g/mol. The van der Waals surface area contributed by atoms with E-state index < -0.39 is 6.04 Å². The van der Waals surface area contributed by atoms with Gasteiger partial charge in [0.15, 0.2) is 6.19 Å². The molecular weight excluding hydrogens is 431 g/mol. The molecule has 0 spiro atoms. The standard InChI is InChI=1S/C16H13IN8/c1-7-8(3-2-4-10(7)17)13-11-12(20)9(5-18)14(21)24-15(11)25-16(23-13)22-6-19/h2-4,13H,1H3,(H6,20,21,22,23,24,25). The van der Waals surface area contributed by atoms with Gasteiger partial charge in [0.25, 0.3) is 0 Å². The van der Waals surface area contributed by atoms with Crippen molar-refractivity contribution in [1.29, 1.82) is 10.5 Å². The van der Waals surface area contributed by atoms with Crippen molar-refractivity contribution in [3.8, 4) is 12.3 Å². The summed E-state index contributed by atoms with van der Waals surface area (Å²) in [5, 5.41) is 23.6. The van der Waals surface area contributed by atoms with Gasteiger partial charge in [0.2, 0.25) is 5.96 Å². The van der Waals surface area contributed by atoms with Crippen LogP contribution in [-0.2, 0) is 0 Å². The second-order valence-corrected chi connectivity index (χ2v) is 6.52. The minimum absolute atomic E-state index is 0.0302. The molecule has 0 bridgehead atoms. The SMILES string of the molecule is Cc1c(I)cccc1C1N=C(NC#N)Nc2nc(N)c(C#N)c(N)c21. The second kappa shape index (κ2) is 6.45. The third-order valence-electron chi connectivity index (χ3n) is 3.96. The van der Waals surface area contributed by atoms with E-state index in [0.29, 0.717) is 11.4 Å². The third-order valence-corrected chi connectivity index (χ3v) is 5.13. The maximum absolute atomic E-state index is 9.33. The Balaban J connectivity index is 2.30. The van der Waals surface area contributed by atoms with Crippen LogP contribution < -0.4 is 22.1 Å². The summed E-state index contributed by atoms with van der Waals surface area (Å²) in [6.45, 7) is 1.98. The topological polar surface area (TPSA) is 149 Å². The average Bonchev–Trinajstić information content (AvgIpc) is 2.57. The Morgan fingerprint density at radius 1 is 1.32 bits per heavy atom. The van der Waals surface area contributed by atoms with Crippen LogP contribution in [0, 0.1) is 33.3 Å². The Hall–Kier alpha value is -3.05. The first-order valence-corrected chi connectivity index (χ1v) is 8.29. The van der Waals surface area contributed by atoms with Crippen LogP contribution >= 0.6 is 22.6 Å². The van der Waals surface area contributed by atoms with E-state index in [1.165, 1.54) is 0 Å². The number of nitrogens with two attached hydrogens (primary N) is 2. The van der Waals surface area contributed by atoms with Crippen LogP contribution in [0.2, 0.25) is 0 Å². The molecular formula is C16H13IN8. The molecule has 2 heterocycles. The number of nitrogen functional groups attached to an aromatic ring is 2. The van der Waals surface area contributed by atoms with Crippen LogP contribution in [0.15, 0.2) is 23.2 Å². The molecule has 2 aromatic rings. The van der Waals surface area contributed by atoms with E-state index in [1.54, 1.807) is 0 Å². The van der Waals surface area contributed by atoms with Crippen molar-refractivity contribution < 1.29 is 0 Å². The Morgan fingerprint density at radius 3 is 2.76 bits per heavy atom. The lowest BCUT2D eigenvalue weighted by Crippen LogP contribution is -2.33. The van der Waals surface area contributed by atoms with Gasteiger partial charge in [0.1, 0.15) is 29.3 Å². The van der Waals surface area contributed by atoms with Crippen LogP contribution in [-0.4, -0.2) is 10.9 Å². The van der Waals surface area contributed by atoms with E-state index >= 15 is 0 Å². The quantitative estimate of drug-likeness (QED) is 0.299. The number of fused-ring (bicyclic) bond motifs is 1. The lowest BCUT2D eigenvalue weighted by Gasteiger charge is -2.27. The zero-order chi connectivity index (χ0) is 18.1. The third kappa shape index (κ3) is 2.79. The Morgan fingerprint density at radius 2 is 2.08 bits per heavy atom. The highest BCUT2D eigenvalue weighted by Gasteiger charge is 2.30. The Bertz CT molecular complexity index is 983. The monoisotopic (exact) mass is 444 g/mol. The molecule has 0 saturated heterocycles. The molecule has 0 aliphatic carbocycles. The number of nitrogens with zero attached hydrogens (tertiary/aromatic N) is 4. The molecule has 0 saturated carbocycles. The zero-order valence-electron chi connectivity index (χ0n) is 13.1. The molecule has 124 valence electrons. The first-order valence-electron chi connectivity index (χ1n) is 7.21. The van der Waals surface area contributed by atoms with E-state index in [0.717, 1.165) is 14.7 Å². The van der Waals surface area contributed by atoms with Crippen molar-refractivity contribution in [2.24, 2.45) is 4.99 Å². The van der Waals surface area contributed by atoms with Gasteiger partial charge in [-0.2, -0.15) is 10.5 Å². The zero-order valence-corrected chi connectivity index (χ0v) is 15.3. The number of nitriles is 2. The van der Waals surface area contributed by atoms with Crippen LogP contribution in [0.1, 0.15) is 28.3 Å². The first kappa shape index (κ1) is 16.8. The molecule has 1 atom stereocenters. The number of rotatable bonds is 1. The Labute approximate surface area is 157 Å². The molecule has 3 rings (SSSR count). The van der Waals surface area contributed by atoms with Crippen molar-refractivity contribution in [3.05, 3.63) is 44.0 Å². The predicted molar refractivity (Wildman–Crippen MR) is 103 cm³/mol.